The molecule has 0 atom stereocenters. The smallest absolute Gasteiger partial charge is 0.276 e. The Morgan fingerprint density at radius 2 is 1.71 bits per heavy atom. The summed E-state index contributed by atoms with van der Waals surface area (Å²) >= 11 is 0. The molecule has 0 radical (unpaired) electrons. The Morgan fingerprint density at radius 3 is 2.39 bits per heavy atom. The molecule has 0 spiro atoms. The zero-order chi connectivity index (χ0) is 19.5. The van der Waals surface area contributed by atoms with Gasteiger partial charge in [0, 0.05) is 27.1 Å². The molecule has 1 aromatic heterocycles. The van der Waals surface area contributed by atoms with E-state index in [1.165, 1.54) is 0 Å². The number of hydrogen-bond donors (Lipinski definition) is 2. The van der Waals surface area contributed by atoms with Crippen LogP contribution in [0.25, 0.3) is 11.3 Å². The van der Waals surface area contributed by atoms with Gasteiger partial charge in [-0.15, -0.1) is 0 Å². The molecule has 146 valence electrons. The first-order valence-corrected chi connectivity index (χ1v) is 9.21. The van der Waals surface area contributed by atoms with Gasteiger partial charge in [0.15, 0.2) is 0 Å². The zero-order valence-electron chi connectivity index (χ0n) is 15.5. The summed E-state index contributed by atoms with van der Waals surface area (Å²) in [5.41, 5.74) is 3.51. The van der Waals surface area contributed by atoms with Crippen LogP contribution < -0.4 is 10.6 Å². The molecule has 1 fully saturated rings. The normalized spacial score (nSPS) is 13.0. The molecule has 2 amide bonds. The summed E-state index contributed by atoms with van der Waals surface area (Å²) in [6.45, 7) is 1.75. The highest BCUT2D eigenvalue weighted by Crippen LogP contribution is 2.21. The van der Waals surface area contributed by atoms with E-state index in [1.54, 1.807) is 25.3 Å². The lowest BCUT2D eigenvalue weighted by molar-refractivity contribution is 0.0950. The second-order valence-electron chi connectivity index (χ2n) is 6.83. The van der Waals surface area contributed by atoms with Gasteiger partial charge >= 0.3 is 0 Å². The number of hydrogen-bond acceptors (Lipinski definition) is 4. The van der Waals surface area contributed by atoms with E-state index in [9.17, 15) is 9.59 Å². The Morgan fingerprint density at radius 1 is 1.00 bits per heavy atom. The van der Waals surface area contributed by atoms with E-state index in [4.69, 9.17) is 0 Å². The van der Waals surface area contributed by atoms with Gasteiger partial charge in [0.05, 0.1) is 17.6 Å². The summed E-state index contributed by atoms with van der Waals surface area (Å²) < 4.78 is 0. The van der Waals surface area contributed by atoms with Crippen molar-refractivity contribution in [3.8, 4) is 11.3 Å². The van der Waals surface area contributed by atoms with Crippen molar-refractivity contribution in [1.29, 1.82) is 0 Å². The second kappa shape index (κ2) is 7.60. The number of benzene rings is 2. The first-order chi connectivity index (χ1) is 13.6. The Labute approximate surface area is 167 Å². The van der Waals surface area contributed by atoms with Gasteiger partial charge in [-0.2, -0.15) is 0 Å². The molecule has 1 aliphatic carbocycles. The van der Waals surface area contributed by atoms with Crippen molar-refractivity contribution in [1.82, 2.24) is 15.3 Å². The topological polar surface area (TPSA) is 84.0 Å². The van der Waals surface area contributed by atoms with Crippen LogP contribution in [-0.2, 0) is 0 Å². The van der Waals surface area contributed by atoms with Crippen molar-refractivity contribution in [3.05, 3.63) is 77.7 Å². The van der Waals surface area contributed by atoms with Crippen LogP contribution in [0, 0.1) is 6.92 Å². The highest BCUT2D eigenvalue weighted by atomic mass is 16.2. The second-order valence-corrected chi connectivity index (χ2v) is 6.83. The van der Waals surface area contributed by atoms with Crippen LogP contribution in [0.15, 0.2) is 60.8 Å². The van der Waals surface area contributed by atoms with Gasteiger partial charge in [-0.3, -0.25) is 14.6 Å². The van der Waals surface area contributed by atoms with Crippen LogP contribution in [0.3, 0.4) is 0 Å². The molecule has 0 bridgehead atoms. The minimum absolute atomic E-state index is 0. The number of carbonyl (C=O) groups excluding carboxylic acids is 2. The van der Waals surface area contributed by atoms with Gasteiger partial charge in [-0.05, 0) is 44.0 Å². The Bertz CT molecular complexity index is 1030. The Balaban J connectivity index is 0.00000160. The fourth-order valence-electron chi connectivity index (χ4n) is 2.80. The van der Waals surface area contributed by atoms with Crippen LogP contribution in [0.4, 0.5) is 5.69 Å². The molecule has 2 N–H and O–H groups in total. The first kappa shape index (κ1) is 17.9. The summed E-state index contributed by atoms with van der Waals surface area (Å²) in [4.78, 5) is 33.5. The van der Waals surface area contributed by atoms with Crippen LogP contribution in [0.2, 0.25) is 0 Å². The zero-order valence-corrected chi connectivity index (χ0v) is 15.5. The summed E-state index contributed by atoms with van der Waals surface area (Å²) in [7, 11) is 0. The van der Waals surface area contributed by atoms with Crippen LogP contribution in [0.1, 0.15) is 43.7 Å². The molecule has 0 saturated heterocycles. The van der Waals surface area contributed by atoms with Crippen molar-refractivity contribution in [2.45, 2.75) is 25.8 Å². The van der Waals surface area contributed by atoms with Crippen molar-refractivity contribution < 1.29 is 13.9 Å². The van der Waals surface area contributed by atoms with Gasteiger partial charge in [-0.1, -0.05) is 30.3 Å². The van der Waals surface area contributed by atoms with Gasteiger partial charge in [0.1, 0.15) is 5.69 Å². The third-order valence-corrected chi connectivity index (χ3v) is 4.56. The van der Waals surface area contributed by atoms with Crippen molar-refractivity contribution in [2.24, 2.45) is 0 Å². The maximum atomic E-state index is 12.6. The maximum Gasteiger partial charge on any atom is 0.276 e. The standard InChI is InChI=1S/C22H20N4O2.3H2/c1-14-20(22(28)25-17-5-3-2-4-6-17)26-19(13-23-14)15-7-9-16(10-8-15)21(27)24-18-11-12-18;;;/h2-10,13,18H,11-12H2,1H3,(H,24,27)(H,25,28);3*1H. The predicted molar refractivity (Wildman–Crippen MR) is 113 cm³/mol. The number of amides is 2. The summed E-state index contributed by atoms with van der Waals surface area (Å²) in [6.07, 6.45) is 3.74. The molecule has 28 heavy (non-hydrogen) atoms. The number of rotatable bonds is 5. The Kier molecular flexibility index (Phi) is 4.85. The van der Waals surface area contributed by atoms with Crippen molar-refractivity contribution >= 4 is 17.5 Å². The van der Waals surface area contributed by atoms with E-state index in [-0.39, 0.29) is 21.8 Å². The van der Waals surface area contributed by atoms with Gasteiger partial charge in [0.2, 0.25) is 0 Å². The number of anilines is 1. The molecule has 6 heteroatoms. The van der Waals surface area contributed by atoms with E-state index < -0.39 is 0 Å². The summed E-state index contributed by atoms with van der Waals surface area (Å²) in [5.74, 6) is -0.370. The molecule has 4 rings (SSSR count). The van der Waals surface area contributed by atoms with E-state index in [0.717, 1.165) is 18.4 Å². The number of nitrogens with one attached hydrogen (secondary N) is 2. The Hall–Kier alpha value is -3.54. The molecule has 1 heterocycles. The molecule has 6 nitrogen and oxygen atoms in total. The van der Waals surface area contributed by atoms with Crippen molar-refractivity contribution in [2.75, 3.05) is 5.32 Å². The minimum atomic E-state index is -0.307. The van der Waals surface area contributed by atoms with Crippen LogP contribution in [0.5, 0.6) is 0 Å². The number of para-hydroxylation sites is 1. The number of aryl methyl sites for hydroxylation is 1. The van der Waals surface area contributed by atoms with E-state index in [2.05, 4.69) is 20.6 Å². The van der Waals surface area contributed by atoms with E-state index in [1.807, 2.05) is 42.5 Å². The lowest BCUT2D eigenvalue weighted by Gasteiger charge is -2.09. The number of nitrogens with zero attached hydrogens (tertiary/aromatic N) is 2. The summed E-state index contributed by atoms with van der Waals surface area (Å²) in [6, 6.07) is 16.7. The predicted octanol–water partition coefficient (Wildman–Crippen LogP) is 4.33. The third-order valence-electron chi connectivity index (χ3n) is 4.56. The van der Waals surface area contributed by atoms with Crippen LogP contribution in [-0.4, -0.2) is 27.8 Å². The van der Waals surface area contributed by atoms with Crippen molar-refractivity contribution in [3.63, 3.8) is 0 Å². The van der Waals surface area contributed by atoms with Gasteiger partial charge < -0.3 is 10.6 Å². The molecular weight excluding hydrogens is 352 g/mol. The molecular formula is C22H26N4O2. The lowest BCUT2D eigenvalue weighted by atomic mass is 10.1. The fraction of sp³-hybridized carbons (Fsp3) is 0.182. The monoisotopic (exact) mass is 378 g/mol. The third kappa shape index (κ3) is 4.06. The largest absolute Gasteiger partial charge is 0.349 e. The highest BCUT2D eigenvalue weighted by Gasteiger charge is 2.23. The fourth-order valence-corrected chi connectivity index (χ4v) is 2.80. The molecule has 2 aromatic carbocycles. The van der Waals surface area contributed by atoms with Crippen LogP contribution >= 0.6 is 0 Å². The molecule has 1 aliphatic rings. The lowest BCUT2D eigenvalue weighted by Crippen LogP contribution is -2.25. The molecule has 0 aliphatic heterocycles. The van der Waals surface area contributed by atoms with E-state index >= 15 is 0 Å². The van der Waals surface area contributed by atoms with Gasteiger partial charge in [-0.25, -0.2) is 4.98 Å². The van der Waals surface area contributed by atoms with E-state index in [0.29, 0.717) is 28.7 Å². The summed E-state index contributed by atoms with van der Waals surface area (Å²) in [5, 5.41) is 5.80. The quantitative estimate of drug-likeness (QED) is 0.692. The highest BCUT2D eigenvalue weighted by molar-refractivity contribution is 6.03. The molecule has 3 aromatic rings. The SMILES string of the molecule is Cc1ncc(-c2ccc(C(=O)NC3CC3)cc2)nc1C(=O)Nc1ccccc1.[HH].[HH].[HH]. The maximum absolute atomic E-state index is 12.6. The number of carbonyl (C=O) groups is 2. The molecule has 0 unspecified atom stereocenters. The number of aromatic nitrogens is 2. The first-order valence-electron chi connectivity index (χ1n) is 9.21. The molecule has 1 saturated carbocycles. The average Bonchev–Trinajstić information content (AvgIpc) is 3.53. The minimum Gasteiger partial charge on any atom is -0.349 e. The average molecular weight is 378 g/mol. The van der Waals surface area contributed by atoms with Gasteiger partial charge in [0.25, 0.3) is 11.8 Å².